The van der Waals surface area contributed by atoms with Crippen LogP contribution in [0.3, 0.4) is 0 Å². The van der Waals surface area contributed by atoms with Gasteiger partial charge in [-0.2, -0.15) is 0 Å². The van der Waals surface area contributed by atoms with Gasteiger partial charge in [-0.15, -0.1) is 0 Å². The van der Waals surface area contributed by atoms with Gasteiger partial charge in [0.2, 0.25) is 0 Å². The highest BCUT2D eigenvalue weighted by Crippen LogP contribution is 2.20. The van der Waals surface area contributed by atoms with Crippen molar-refractivity contribution in [1.29, 1.82) is 0 Å². The van der Waals surface area contributed by atoms with Crippen LogP contribution in [-0.2, 0) is 0 Å². The van der Waals surface area contributed by atoms with Gasteiger partial charge in [0.05, 0.1) is 0 Å². The number of hydrogen-bond donors (Lipinski definition) is 1. The van der Waals surface area contributed by atoms with Crippen LogP contribution in [0.4, 0.5) is 15.8 Å². The highest BCUT2D eigenvalue weighted by molar-refractivity contribution is 6.04. The average molecular weight is 300 g/mol. The van der Waals surface area contributed by atoms with Gasteiger partial charge in [0, 0.05) is 29.5 Å². The molecule has 2 aromatic carbocycles. The third kappa shape index (κ3) is 3.85. The van der Waals surface area contributed by atoms with Gasteiger partial charge in [-0.3, -0.25) is 4.79 Å². The molecule has 0 aliphatic heterocycles. The molecule has 0 atom stereocenters. The summed E-state index contributed by atoms with van der Waals surface area (Å²) in [6.45, 7) is 7.34. The molecule has 4 heteroatoms. The molecule has 1 amide bonds. The Balaban J connectivity index is 2.08. The molecule has 0 aliphatic rings. The summed E-state index contributed by atoms with van der Waals surface area (Å²) in [6.07, 6.45) is 0. The molecular weight excluding hydrogens is 279 g/mol. The van der Waals surface area contributed by atoms with E-state index in [4.69, 9.17) is 0 Å². The van der Waals surface area contributed by atoms with Crippen molar-refractivity contribution in [3.8, 4) is 0 Å². The second kappa shape index (κ2) is 7.07. The Morgan fingerprint density at radius 3 is 2.18 bits per heavy atom. The third-order valence-corrected chi connectivity index (χ3v) is 3.53. The van der Waals surface area contributed by atoms with Crippen LogP contribution in [0.25, 0.3) is 0 Å². The van der Waals surface area contributed by atoms with Crippen molar-refractivity contribution in [2.75, 3.05) is 16.8 Å². The van der Waals surface area contributed by atoms with Crippen LogP contribution in [0, 0.1) is 5.82 Å². The van der Waals surface area contributed by atoms with E-state index in [0.717, 1.165) is 17.9 Å². The Morgan fingerprint density at radius 1 is 1.09 bits per heavy atom. The highest BCUT2D eigenvalue weighted by Gasteiger charge is 2.09. The van der Waals surface area contributed by atoms with Crippen molar-refractivity contribution >= 4 is 17.3 Å². The maximum absolute atomic E-state index is 12.9. The van der Waals surface area contributed by atoms with E-state index in [1.54, 1.807) is 0 Å². The monoisotopic (exact) mass is 300 g/mol. The first kappa shape index (κ1) is 16.0. The number of halogens is 1. The summed E-state index contributed by atoms with van der Waals surface area (Å²) >= 11 is 0. The zero-order chi connectivity index (χ0) is 16.1. The van der Waals surface area contributed by atoms with Crippen LogP contribution in [0.5, 0.6) is 0 Å². The molecule has 116 valence electrons. The lowest BCUT2D eigenvalue weighted by atomic mass is 10.2. The smallest absolute Gasteiger partial charge is 0.255 e. The SMILES string of the molecule is CCN(c1ccc(NC(=O)c2ccc(F)cc2)cc1)C(C)C. The summed E-state index contributed by atoms with van der Waals surface area (Å²) in [5.41, 5.74) is 2.28. The van der Waals surface area contributed by atoms with Gasteiger partial charge in [-0.1, -0.05) is 0 Å². The van der Waals surface area contributed by atoms with Crippen molar-refractivity contribution in [2.45, 2.75) is 26.8 Å². The number of nitrogens with zero attached hydrogens (tertiary/aromatic N) is 1. The minimum absolute atomic E-state index is 0.246. The van der Waals surface area contributed by atoms with Gasteiger partial charge in [0.25, 0.3) is 5.91 Å². The van der Waals surface area contributed by atoms with Crippen molar-refractivity contribution < 1.29 is 9.18 Å². The lowest BCUT2D eigenvalue weighted by Crippen LogP contribution is -2.30. The van der Waals surface area contributed by atoms with Gasteiger partial charge in [0.1, 0.15) is 5.82 Å². The molecule has 2 rings (SSSR count). The number of amides is 1. The van der Waals surface area contributed by atoms with E-state index in [1.807, 2.05) is 24.3 Å². The van der Waals surface area contributed by atoms with E-state index in [0.29, 0.717) is 11.6 Å². The first-order valence-electron chi connectivity index (χ1n) is 7.45. The molecule has 2 aromatic rings. The van der Waals surface area contributed by atoms with E-state index >= 15 is 0 Å². The highest BCUT2D eigenvalue weighted by atomic mass is 19.1. The Morgan fingerprint density at radius 2 is 1.68 bits per heavy atom. The molecule has 0 unspecified atom stereocenters. The minimum atomic E-state index is -0.353. The van der Waals surface area contributed by atoms with E-state index in [2.05, 4.69) is 31.0 Å². The molecule has 0 heterocycles. The average Bonchev–Trinajstić information content (AvgIpc) is 2.50. The van der Waals surface area contributed by atoms with Crippen LogP contribution >= 0.6 is 0 Å². The molecule has 0 aromatic heterocycles. The predicted octanol–water partition coefficient (Wildman–Crippen LogP) is 4.31. The van der Waals surface area contributed by atoms with Crippen molar-refractivity contribution in [2.24, 2.45) is 0 Å². The summed E-state index contributed by atoms with van der Waals surface area (Å²) in [5.74, 6) is -0.599. The van der Waals surface area contributed by atoms with E-state index in [9.17, 15) is 9.18 Å². The number of hydrogen-bond acceptors (Lipinski definition) is 2. The number of benzene rings is 2. The molecule has 0 aliphatic carbocycles. The first-order chi connectivity index (χ1) is 10.5. The normalized spacial score (nSPS) is 10.6. The third-order valence-electron chi connectivity index (χ3n) is 3.53. The molecule has 0 fully saturated rings. The topological polar surface area (TPSA) is 32.3 Å². The fraction of sp³-hybridized carbons (Fsp3) is 0.278. The lowest BCUT2D eigenvalue weighted by Gasteiger charge is -2.27. The Bertz CT molecular complexity index is 621. The Kier molecular flexibility index (Phi) is 5.15. The first-order valence-corrected chi connectivity index (χ1v) is 7.45. The molecule has 0 saturated heterocycles. The molecular formula is C18H21FN2O. The van der Waals surface area contributed by atoms with Crippen molar-refractivity contribution in [3.63, 3.8) is 0 Å². The number of nitrogens with one attached hydrogen (secondary N) is 1. The summed E-state index contributed by atoms with van der Waals surface area (Å²) in [5, 5.41) is 2.81. The predicted molar refractivity (Wildman–Crippen MR) is 89.0 cm³/mol. The van der Waals surface area contributed by atoms with Crippen LogP contribution in [-0.4, -0.2) is 18.5 Å². The van der Waals surface area contributed by atoms with Gasteiger partial charge in [-0.05, 0) is 69.3 Å². The van der Waals surface area contributed by atoms with Gasteiger partial charge in [0.15, 0.2) is 0 Å². The number of anilines is 2. The lowest BCUT2D eigenvalue weighted by molar-refractivity contribution is 0.102. The summed E-state index contributed by atoms with van der Waals surface area (Å²) < 4.78 is 12.9. The van der Waals surface area contributed by atoms with Crippen molar-refractivity contribution in [1.82, 2.24) is 0 Å². The van der Waals surface area contributed by atoms with Crippen molar-refractivity contribution in [3.05, 3.63) is 59.9 Å². The second-order valence-corrected chi connectivity index (χ2v) is 5.39. The standard InChI is InChI=1S/C18H21FN2O/c1-4-21(13(2)3)17-11-9-16(10-12-17)20-18(22)14-5-7-15(19)8-6-14/h5-13H,4H2,1-3H3,(H,20,22). The second-order valence-electron chi connectivity index (χ2n) is 5.39. The maximum Gasteiger partial charge on any atom is 0.255 e. The van der Waals surface area contributed by atoms with E-state index in [-0.39, 0.29) is 11.7 Å². The zero-order valence-electron chi connectivity index (χ0n) is 13.1. The number of carbonyl (C=O) groups excluding carboxylic acids is 1. The zero-order valence-corrected chi connectivity index (χ0v) is 13.1. The Hall–Kier alpha value is -2.36. The van der Waals surface area contributed by atoms with Crippen LogP contribution < -0.4 is 10.2 Å². The van der Waals surface area contributed by atoms with E-state index in [1.165, 1.54) is 24.3 Å². The fourth-order valence-corrected chi connectivity index (χ4v) is 2.39. The largest absolute Gasteiger partial charge is 0.369 e. The summed E-state index contributed by atoms with van der Waals surface area (Å²) in [4.78, 5) is 14.3. The number of rotatable bonds is 5. The summed E-state index contributed by atoms with van der Waals surface area (Å²) in [7, 11) is 0. The minimum Gasteiger partial charge on any atom is -0.369 e. The molecule has 0 saturated carbocycles. The van der Waals surface area contributed by atoms with Gasteiger partial charge >= 0.3 is 0 Å². The quantitative estimate of drug-likeness (QED) is 0.892. The fourth-order valence-electron chi connectivity index (χ4n) is 2.39. The van der Waals surface area contributed by atoms with Crippen LogP contribution in [0.15, 0.2) is 48.5 Å². The summed E-state index contributed by atoms with van der Waals surface area (Å²) in [6, 6.07) is 13.6. The van der Waals surface area contributed by atoms with Gasteiger partial charge in [-0.25, -0.2) is 4.39 Å². The molecule has 0 radical (unpaired) electrons. The van der Waals surface area contributed by atoms with Crippen LogP contribution in [0.1, 0.15) is 31.1 Å². The molecule has 0 spiro atoms. The molecule has 3 nitrogen and oxygen atoms in total. The molecule has 0 bridgehead atoms. The number of carbonyl (C=O) groups is 1. The molecule has 22 heavy (non-hydrogen) atoms. The Labute approximate surface area is 130 Å². The van der Waals surface area contributed by atoms with Gasteiger partial charge < -0.3 is 10.2 Å². The maximum atomic E-state index is 12.9. The van der Waals surface area contributed by atoms with Crippen LogP contribution in [0.2, 0.25) is 0 Å². The van der Waals surface area contributed by atoms with E-state index < -0.39 is 0 Å². The molecule has 1 N–H and O–H groups in total.